The van der Waals surface area contributed by atoms with Crippen LogP contribution < -0.4 is 0 Å². The second kappa shape index (κ2) is 3.54. The Morgan fingerprint density at radius 2 is 1.94 bits per heavy atom. The number of aromatic nitrogens is 2. The third-order valence-electron chi connectivity index (χ3n) is 3.45. The van der Waals surface area contributed by atoms with Crippen molar-refractivity contribution in [2.75, 3.05) is 0 Å². The minimum atomic E-state index is -0.964. The molecule has 1 aromatic rings. The second-order valence-electron chi connectivity index (χ2n) is 4.81. The molecule has 84 valence electrons. The van der Waals surface area contributed by atoms with E-state index in [1.54, 1.807) is 6.20 Å². The summed E-state index contributed by atoms with van der Waals surface area (Å²) in [4.78, 5) is 19.3. The third kappa shape index (κ3) is 1.79. The van der Waals surface area contributed by atoms with Crippen molar-refractivity contribution in [3.63, 3.8) is 0 Å². The third-order valence-corrected chi connectivity index (χ3v) is 3.45. The summed E-state index contributed by atoms with van der Waals surface area (Å²) >= 11 is 0. The molecular weight excluding hydrogens is 204 g/mol. The van der Waals surface area contributed by atoms with Crippen molar-refractivity contribution in [3.8, 4) is 0 Å². The van der Waals surface area contributed by atoms with Gasteiger partial charge in [-0.3, -0.25) is 0 Å². The number of nitrogens with zero attached hydrogens (tertiary/aromatic N) is 2. The van der Waals surface area contributed by atoms with E-state index in [9.17, 15) is 4.79 Å². The highest BCUT2D eigenvalue weighted by Gasteiger charge is 2.43. The molecule has 16 heavy (non-hydrogen) atoms. The molecule has 1 heterocycles. The van der Waals surface area contributed by atoms with Crippen LogP contribution in [0.4, 0.5) is 0 Å². The highest BCUT2D eigenvalue weighted by molar-refractivity contribution is 5.85. The molecule has 2 aliphatic rings. The van der Waals surface area contributed by atoms with E-state index in [4.69, 9.17) is 5.11 Å². The number of carboxylic acids is 1. The second-order valence-corrected chi connectivity index (χ2v) is 4.81. The van der Waals surface area contributed by atoms with Gasteiger partial charge in [0.05, 0.1) is 0 Å². The van der Waals surface area contributed by atoms with E-state index in [1.165, 1.54) is 31.7 Å². The van der Waals surface area contributed by atoms with E-state index >= 15 is 0 Å². The fourth-order valence-corrected chi connectivity index (χ4v) is 2.37. The van der Waals surface area contributed by atoms with Gasteiger partial charge in [-0.25, -0.2) is 14.8 Å². The molecule has 0 aliphatic heterocycles. The van der Waals surface area contributed by atoms with Crippen LogP contribution in [0, 0.1) is 11.8 Å². The summed E-state index contributed by atoms with van der Waals surface area (Å²) in [5, 5.41) is 8.91. The average Bonchev–Trinajstić information content (AvgIpc) is 3.12. The molecule has 0 unspecified atom stereocenters. The van der Waals surface area contributed by atoms with Crippen molar-refractivity contribution in [1.82, 2.24) is 9.97 Å². The average molecular weight is 218 g/mol. The molecule has 2 aliphatic carbocycles. The summed E-state index contributed by atoms with van der Waals surface area (Å²) in [7, 11) is 0. The molecule has 0 bridgehead atoms. The number of rotatable bonds is 4. The Morgan fingerprint density at radius 3 is 2.44 bits per heavy atom. The number of hydrogen-bond donors (Lipinski definition) is 1. The first-order valence-corrected chi connectivity index (χ1v) is 5.82. The number of aromatic carboxylic acids is 1. The maximum absolute atomic E-state index is 10.9. The van der Waals surface area contributed by atoms with Crippen LogP contribution >= 0.6 is 0 Å². The topological polar surface area (TPSA) is 63.1 Å². The maximum atomic E-state index is 10.9. The van der Waals surface area contributed by atoms with Gasteiger partial charge in [0, 0.05) is 12.1 Å². The monoisotopic (exact) mass is 218 g/mol. The fraction of sp³-hybridized carbons (Fsp3) is 0.583. The molecule has 2 saturated carbocycles. The van der Waals surface area contributed by atoms with Gasteiger partial charge in [-0.15, -0.1) is 0 Å². The number of carboxylic acid groups (broad SMARTS) is 1. The summed E-state index contributed by atoms with van der Waals surface area (Å²) in [6.45, 7) is 0. The molecule has 0 saturated heterocycles. The molecule has 3 rings (SSSR count). The van der Waals surface area contributed by atoms with Crippen molar-refractivity contribution in [1.29, 1.82) is 0 Å². The van der Waals surface area contributed by atoms with Crippen LogP contribution in [-0.4, -0.2) is 21.0 Å². The number of carbonyl (C=O) groups is 1. The van der Waals surface area contributed by atoms with Crippen LogP contribution in [0.25, 0.3) is 0 Å². The highest BCUT2D eigenvalue weighted by Crippen LogP contribution is 2.53. The lowest BCUT2D eigenvalue weighted by molar-refractivity contribution is 0.0689. The zero-order valence-electron chi connectivity index (χ0n) is 8.97. The van der Waals surface area contributed by atoms with Crippen LogP contribution in [-0.2, 0) is 0 Å². The quantitative estimate of drug-likeness (QED) is 0.840. The van der Waals surface area contributed by atoms with E-state index < -0.39 is 5.97 Å². The Kier molecular flexibility index (Phi) is 2.16. The van der Waals surface area contributed by atoms with E-state index in [0.717, 1.165) is 5.82 Å². The molecule has 0 atom stereocenters. The smallest absolute Gasteiger partial charge is 0.354 e. The van der Waals surface area contributed by atoms with Gasteiger partial charge in [0.15, 0.2) is 5.69 Å². The molecular formula is C12H14N2O2. The first-order valence-electron chi connectivity index (χ1n) is 5.82. The van der Waals surface area contributed by atoms with Crippen LogP contribution in [0.5, 0.6) is 0 Å². The van der Waals surface area contributed by atoms with Crippen molar-refractivity contribution >= 4 is 5.97 Å². The van der Waals surface area contributed by atoms with E-state index in [-0.39, 0.29) is 5.69 Å². The molecule has 2 fully saturated rings. The van der Waals surface area contributed by atoms with Gasteiger partial charge in [-0.2, -0.15) is 0 Å². The first-order chi connectivity index (χ1) is 7.75. The Hall–Kier alpha value is -1.45. The van der Waals surface area contributed by atoms with Crippen LogP contribution in [0.2, 0.25) is 0 Å². The SMILES string of the molecule is O=C(O)c1ccnc(C(C2CC2)C2CC2)n1. The molecule has 0 aromatic carbocycles. The van der Waals surface area contributed by atoms with E-state index in [2.05, 4.69) is 9.97 Å². The molecule has 1 aromatic heterocycles. The summed E-state index contributed by atoms with van der Waals surface area (Å²) in [6.07, 6.45) is 6.58. The summed E-state index contributed by atoms with van der Waals surface area (Å²) in [5.74, 6) is 1.62. The number of hydrogen-bond acceptors (Lipinski definition) is 3. The Bertz CT molecular complexity index is 413. The first kappa shape index (κ1) is 9.75. The minimum absolute atomic E-state index is 0.122. The van der Waals surface area contributed by atoms with Crippen molar-refractivity contribution in [3.05, 3.63) is 23.8 Å². The van der Waals surface area contributed by atoms with Gasteiger partial charge in [0.1, 0.15) is 5.82 Å². The lowest BCUT2D eigenvalue weighted by Gasteiger charge is -2.13. The molecule has 0 spiro atoms. The normalized spacial score (nSPS) is 20.1. The highest BCUT2D eigenvalue weighted by atomic mass is 16.4. The lowest BCUT2D eigenvalue weighted by Crippen LogP contribution is -2.12. The van der Waals surface area contributed by atoms with Gasteiger partial charge in [-0.1, -0.05) is 0 Å². The van der Waals surface area contributed by atoms with Gasteiger partial charge >= 0.3 is 5.97 Å². The fourth-order valence-electron chi connectivity index (χ4n) is 2.37. The van der Waals surface area contributed by atoms with Crippen LogP contribution in [0.3, 0.4) is 0 Å². The zero-order chi connectivity index (χ0) is 11.1. The summed E-state index contributed by atoms with van der Waals surface area (Å²) < 4.78 is 0. The molecule has 0 amide bonds. The van der Waals surface area contributed by atoms with Gasteiger partial charge in [0.25, 0.3) is 0 Å². The Balaban J connectivity index is 1.91. The standard InChI is InChI=1S/C12H14N2O2/c15-12(16)9-5-6-13-11(14-9)10(7-1-2-7)8-3-4-8/h5-8,10H,1-4H2,(H,15,16). The van der Waals surface area contributed by atoms with Crippen molar-refractivity contribution in [2.24, 2.45) is 11.8 Å². The Morgan fingerprint density at radius 1 is 1.31 bits per heavy atom. The van der Waals surface area contributed by atoms with Crippen LogP contribution in [0.1, 0.15) is 47.9 Å². The summed E-state index contributed by atoms with van der Waals surface area (Å²) in [5.41, 5.74) is 0.122. The van der Waals surface area contributed by atoms with E-state index in [1.807, 2.05) is 0 Å². The predicted molar refractivity (Wildman–Crippen MR) is 57.2 cm³/mol. The van der Waals surface area contributed by atoms with Crippen LogP contribution in [0.15, 0.2) is 12.3 Å². The van der Waals surface area contributed by atoms with E-state index in [0.29, 0.717) is 17.8 Å². The molecule has 4 nitrogen and oxygen atoms in total. The zero-order valence-corrected chi connectivity index (χ0v) is 8.97. The minimum Gasteiger partial charge on any atom is -0.477 e. The predicted octanol–water partition coefficient (Wildman–Crippen LogP) is 2.08. The largest absolute Gasteiger partial charge is 0.477 e. The molecule has 4 heteroatoms. The van der Waals surface area contributed by atoms with Crippen molar-refractivity contribution in [2.45, 2.75) is 31.6 Å². The molecule has 0 radical (unpaired) electrons. The maximum Gasteiger partial charge on any atom is 0.354 e. The van der Waals surface area contributed by atoms with Crippen molar-refractivity contribution < 1.29 is 9.90 Å². The van der Waals surface area contributed by atoms with Gasteiger partial charge < -0.3 is 5.11 Å². The lowest BCUT2D eigenvalue weighted by atomic mass is 9.97. The summed E-state index contributed by atoms with van der Waals surface area (Å²) in [6, 6.07) is 1.46. The van der Waals surface area contributed by atoms with Gasteiger partial charge in [0.2, 0.25) is 0 Å². The van der Waals surface area contributed by atoms with Gasteiger partial charge in [-0.05, 0) is 43.6 Å². The Labute approximate surface area is 93.7 Å². The molecule has 1 N–H and O–H groups in total.